The lowest BCUT2D eigenvalue weighted by Gasteiger charge is -2.39. The van der Waals surface area contributed by atoms with Gasteiger partial charge in [-0.05, 0) is 31.5 Å². The van der Waals surface area contributed by atoms with Crippen LogP contribution in [0.3, 0.4) is 0 Å². The maximum Gasteiger partial charge on any atom is 0.336 e. The van der Waals surface area contributed by atoms with Crippen LogP contribution in [0.5, 0.6) is 11.6 Å². The molecule has 1 aromatic carbocycles. The zero-order valence-electron chi connectivity index (χ0n) is 18.5. The van der Waals surface area contributed by atoms with E-state index in [-0.39, 0.29) is 6.10 Å². The van der Waals surface area contributed by atoms with E-state index in [1.807, 2.05) is 19.9 Å². The molecule has 0 radical (unpaired) electrons. The van der Waals surface area contributed by atoms with E-state index >= 15 is 0 Å². The highest BCUT2D eigenvalue weighted by molar-refractivity contribution is 5.79. The Morgan fingerprint density at radius 3 is 2.70 bits per heavy atom. The van der Waals surface area contributed by atoms with Crippen LogP contribution in [0.1, 0.15) is 19.4 Å². The van der Waals surface area contributed by atoms with Crippen LogP contribution >= 0.6 is 0 Å². The number of nitrogens with zero attached hydrogens (tertiary/aromatic N) is 4. The smallest absolute Gasteiger partial charge is 0.336 e. The fraction of sp³-hybridized carbons (Fsp3) is 0.391. The van der Waals surface area contributed by atoms with Crippen LogP contribution in [0.2, 0.25) is 0 Å². The number of carbonyl (C=O) groups excluding carboxylic acids is 1. The molecular weight excluding hydrogens is 426 g/mol. The van der Waals surface area contributed by atoms with Crippen molar-refractivity contribution in [3.8, 4) is 11.6 Å². The first-order valence-electron chi connectivity index (χ1n) is 10.8. The van der Waals surface area contributed by atoms with E-state index in [9.17, 15) is 9.59 Å². The molecule has 10 heteroatoms. The summed E-state index contributed by atoms with van der Waals surface area (Å²) < 4.78 is 17.8. The maximum atomic E-state index is 11.6. The number of urea groups is 1. The van der Waals surface area contributed by atoms with Crippen LogP contribution < -0.4 is 25.7 Å². The highest BCUT2D eigenvalue weighted by atomic mass is 16.6. The molecule has 1 atom stereocenters. The number of ether oxygens (including phenoxy) is 2. The average molecular weight is 451 g/mol. The van der Waals surface area contributed by atoms with Gasteiger partial charge in [0.15, 0.2) is 0 Å². The third-order valence-electron chi connectivity index (χ3n) is 6.16. The summed E-state index contributed by atoms with van der Waals surface area (Å²) in [6, 6.07) is 8.27. The predicted octanol–water partition coefficient (Wildman–Crippen LogP) is 1.94. The fourth-order valence-corrected chi connectivity index (χ4v) is 4.25. The minimum atomic E-state index is -0.645. The van der Waals surface area contributed by atoms with Crippen molar-refractivity contribution in [2.24, 2.45) is 5.73 Å². The molecule has 5 rings (SSSR count). The highest BCUT2D eigenvalue weighted by Crippen LogP contribution is 2.37. The first-order valence-corrected chi connectivity index (χ1v) is 10.8. The number of amides is 2. The Bertz CT molecular complexity index is 1270. The standard InChI is InChI=1S/C23H25N5O5/c1-23(2)18(10-15-9-14-3-4-21(29)31-16(14)11-17(15)33-23)32-20-12-19(25-13-26-20)27-5-7-28(8-6-27)22(24)30/h3-4,9,11-13,18H,5-8,10H2,1-2H3,(H2,24,30)/t18-/m0/s1. The van der Waals surface area contributed by atoms with Crippen LogP contribution in [-0.2, 0) is 6.42 Å². The normalized spacial score (nSPS) is 19.6. The number of rotatable bonds is 3. The summed E-state index contributed by atoms with van der Waals surface area (Å²) in [7, 11) is 0. The molecule has 0 unspecified atom stereocenters. The monoisotopic (exact) mass is 451 g/mol. The van der Waals surface area contributed by atoms with Gasteiger partial charge in [-0.1, -0.05) is 0 Å². The number of hydrogen-bond donors (Lipinski definition) is 1. The summed E-state index contributed by atoms with van der Waals surface area (Å²) in [5, 5.41) is 0.829. The van der Waals surface area contributed by atoms with Crippen LogP contribution in [0.25, 0.3) is 11.0 Å². The van der Waals surface area contributed by atoms with E-state index in [0.29, 0.717) is 49.8 Å². The van der Waals surface area contributed by atoms with E-state index in [1.54, 1.807) is 23.1 Å². The Morgan fingerprint density at radius 2 is 1.94 bits per heavy atom. The van der Waals surface area contributed by atoms with Crippen LogP contribution in [-0.4, -0.2) is 58.8 Å². The van der Waals surface area contributed by atoms with Crippen LogP contribution in [0, 0.1) is 0 Å². The van der Waals surface area contributed by atoms with Gasteiger partial charge >= 0.3 is 11.7 Å². The average Bonchev–Trinajstić information content (AvgIpc) is 2.78. The van der Waals surface area contributed by atoms with Crippen molar-refractivity contribution in [1.29, 1.82) is 0 Å². The van der Waals surface area contributed by atoms with Gasteiger partial charge in [0.2, 0.25) is 5.88 Å². The molecule has 2 aromatic heterocycles. The van der Waals surface area contributed by atoms with Gasteiger partial charge in [-0.15, -0.1) is 0 Å². The Labute approximate surface area is 189 Å². The predicted molar refractivity (Wildman–Crippen MR) is 121 cm³/mol. The lowest BCUT2D eigenvalue weighted by Crippen LogP contribution is -2.51. The SMILES string of the molecule is CC1(C)Oc2cc3oc(=O)ccc3cc2C[C@@H]1Oc1cc(N2CCN(C(N)=O)CC2)ncn1. The van der Waals surface area contributed by atoms with Gasteiger partial charge in [0.25, 0.3) is 0 Å². The first kappa shape index (κ1) is 21.0. The summed E-state index contributed by atoms with van der Waals surface area (Å²) in [6.07, 6.45) is 1.78. The molecule has 2 aliphatic heterocycles. The van der Waals surface area contributed by atoms with Gasteiger partial charge in [-0.2, -0.15) is 0 Å². The Kier molecular flexibility index (Phi) is 5.07. The lowest BCUT2D eigenvalue weighted by atomic mass is 9.90. The molecule has 2 N–H and O–H groups in total. The number of hydrogen-bond acceptors (Lipinski definition) is 8. The molecule has 172 valence electrons. The number of aromatic nitrogens is 2. The molecule has 0 saturated carbocycles. The van der Waals surface area contributed by atoms with Crippen molar-refractivity contribution in [2.75, 3.05) is 31.1 Å². The van der Waals surface area contributed by atoms with Crippen molar-refractivity contribution in [3.05, 3.63) is 52.6 Å². The number of anilines is 1. The van der Waals surface area contributed by atoms with Crippen molar-refractivity contribution < 1.29 is 18.7 Å². The Balaban J connectivity index is 1.35. The van der Waals surface area contributed by atoms with Crippen molar-refractivity contribution in [2.45, 2.75) is 32.0 Å². The molecule has 0 spiro atoms. The molecule has 1 saturated heterocycles. The molecule has 10 nitrogen and oxygen atoms in total. The zero-order valence-corrected chi connectivity index (χ0v) is 18.5. The van der Waals surface area contributed by atoms with E-state index in [0.717, 1.165) is 16.8 Å². The Hall–Kier alpha value is -3.82. The van der Waals surface area contributed by atoms with E-state index in [2.05, 4.69) is 14.9 Å². The number of primary amides is 1. The van der Waals surface area contributed by atoms with Gasteiger partial charge in [0.1, 0.15) is 35.2 Å². The number of carbonyl (C=O) groups is 1. The van der Waals surface area contributed by atoms with Crippen LogP contribution in [0.4, 0.5) is 10.6 Å². The van der Waals surface area contributed by atoms with Crippen LogP contribution in [0.15, 0.2) is 45.9 Å². The molecule has 2 aliphatic rings. The molecular formula is C23H25N5O5. The van der Waals surface area contributed by atoms with Gasteiger partial charge in [-0.3, -0.25) is 0 Å². The molecule has 4 heterocycles. The lowest BCUT2D eigenvalue weighted by molar-refractivity contribution is -0.0287. The molecule has 2 amide bonds. The van der Waals surface area contributed by atoms with Crippen molar-refractivity contribution in [3.63, 3.8) is 0 Å². The summed E-state index contributed by atoms with van der Waals surface area (Å²) in [5.74, 6) is 1.87. The third kappa shape index (κ3) is 4.15. The molecule has 3 aromatic rings. The molecule has 33 heavy (non-hydrogen) atoms. The Morgan fingerprint density at radius 1 is 1.15 bits per heavy atom. The number of nitrogens with two attached hydrogens (primary N) is 1. The van der Waals surface area contributed by atoms with Crippen molar-refractivity contribution in [1.82, 2.24) is 14.9 Å². The summed E-state index contributed by atoms with van der Waals surface area (Å²) in [5.41, 5.74) is 5.79. The quantitative estimate of drug-likeness (QED) is 0.599. The largest absolute Gasteiger partial charge is 0.484 e. The van der Waals surface area contributed by atoms with Gasteiger partial charge in [-0.25, -0.2) is 19.6 Å². The first-order chi connectivity index (χ1) is 15.8. The second-order valence-electron chi connectivity index (χ2n) is 8.80. The highest BCUT2D eigenvalue weighted by Gasteiger charge is 2.39. The summed E-state index contributed by atoms with van der Waals surface area (Å²) in [6.45, 7) is 6.27. The second kappa shape index (κ2) is 7.95. The summed E-state index contributed by atoms with van der Waals surface area (Å²) >= 11 is 0. The van der Waals surface area contributed by atoms with Gasteiger partial charge in [0, 0.05) is 56.2 Å². The topological polar surface area (TPSA) is 124 Å². The fourth-order valence-electron chi connectivity index (χ4n) is 4.25. The summed E-state index contributed by atoms with van der Waals surface area (Å²) in [4.78, 5) is 35.3. The van der Waals surface area contributed by atoms with Gasteiger partial charge < -0.3 is 29.4 Å². The second-order valence-corrected chi connectivity index (χ2v) is 8.80. The molecule has 0 bridgehead atoms. The minimum Gasteiger partial charge on any atom is -0.484 e. The minimum absolute atomic E-state index is 0.298. The third-order valence-corrected chi connectivity index (χ3v) is 6.16. The van der Waals surface area contributed by atoms with E-state index < -0.39 is 17.3 Å². The zero-order chi connectivity index (χ0) is 23.2. The number of fused-ring (bicyclic) bond motifs is 2. The number of benzene rings is 1. The van der Waals surface area contributed by atoms with E-state index in [4.69, 9.17) is 19.6 Å². The van der Waals surface area contributed by atoms with Crippen molar-refractivity contribution >= 4 is 22.8 Å². The maximum absolute atomic E-state index is 11.6. The van der Waals surface area contributed by atoms with Gasteiger partial charge in [0.05, 0.1) is 0 Å². The number of piperazine rings is 1. The molecule has 0 aliphatic carbocycles. The van der Waals surface area contributed by atoms with E-state index in [1.165, 1.54) is 12.4 Å². The molecule has 1 fully saturated rings.